The number of amides is 1. The first-order valence-corrected chi connectivity index (χ1v) is 11.7. The molecule has 0 aromatic heterocycles. The molecule has 2 N–H and O–H groups in total. The van der Waals surface area contributed by atoms with Gasteiger partial charge in [0, 0.05) is 38.6 Å². The Balaban J connectivity index is 0.00000729. The topological polar surface area (TPSA) is 90.9 Å². The first-order chi connectivity index (χ1) is 12.6. The molecule has 7 nitrogen and oxygen atoms in total. The Morgan fingerprint density at radius 3 is 2.14 bits per heavy atom. The molecule has 0 spiro atoms. The highest BCUT2D eigenvalue weighted by molar-refractivity contribution is 14.0. The molecule has 1 fully saturated rings. The number of sulfone groups is 1. The molecule has 28 heavy (non-hydrogen) atoms. The zero-order chi connectivity index (χ0) is 20.7. The molecule has 1 aliphatic rings. The van der Waals surface area contributed by atoms with Crippen molar-refractivity contribution in [1.82, 2.24) is 15.5 Å². The lowest BCUT2D eigenvalue weighted by atomic mass is 9.98. The summed E-state index contributed by atoms with van der Waals surface area (Å²) in [6.07, 6.45) is 3.52. The second-order valence-electron chi connectivity index (χ2n) is 8.19. The number of hydrogen-bond acceptors (Lipinski definition) is 4. The molecule has 9 heteroatoms. The Kier molecular flexibility index (Phi) is 11.9. The first kappa shape index (κ1) is 27.4. The number of piperidine rings is 1. The van der Waals surface area contributed by atoms with Crippen molar-refractivity contribution in [1.29, 1.82) is 0 Å². The van der Waals surface area contributed by atoms with Gasteiger partial charge in [0.25, 0.3) is 0 Å². The summed E-state index contributed by atoms with van der Waals surface area (Å²) in [5, 5.41) is 6.45. The number of hydrogen-bond donors (Lipinski definition) is 2. The van der Waals surface area contributed by atoms with Crippen molar-refractivity contribution in [3.8, 4) is 0 Å². The quantitative estimate of drug-likeness (QED) is 0.300. The number of carbonyl (C=O) groups excluding carboxylic acids is 1. The number of carbonyl (C=O) groups is 1. The normalized spacial score (nSPS) is 16.7. The van der Waals surface area contributed by atoms with Crippen LogP contribution >= 0.6 is 24.0 Å². The highest BCUT2D eigenvalue weighted by Gasteiger charge is 2.29. The fourth-order valence-electron chi connectivity index (χ4n) is 3.14. The van der Waals surface area contributed by atoms with Gasteiger partial charge in [-0.2, -0.15) is 0 Å². The van der Waals surface area contributed by atoms with Gasteiger partial charge in [-0.05, 0) is 46.5 Å². The predicted octanol–water partition coefficient (Wildman–Crippen LogP) is 2.41. The van der Waals surface area contributed by atoms with Crippen LogP contribution in [0.2, 0.25) is 0 Å². The van der Waals surface area contributed by atoms with Crippen molar-refractivity contribution < 1.29 is 13.2 Å². The molecule has 0 aromatic carbocycles. The van der Waals surface area contributed by atoms with E-state index in [-0.39, 0.29) is 47.6 Å². The van der Waals surface area contributed by atoms with E-state index in [1.165, 1.54) is 0 Å². The van der Waals surface area contributed by atoms with Crippen LogP contribution in [-0.4, -0.2) is 68.4 Å². The van der Waals surface area contributed by atoms with E-state index in [0.29, 0.717) is 12.5 Å². The summed E-state index contributed by atoms with van der Waals surface area (Å²) in [5.74, 6) is 1.09. The molecule has 166 valence electrons. The van der Waals surface area contributed by atoms with E-state index in [2.05, 4.69) is 29.5 Å². The van der Waals surface area contributed by atoms with Gasteiger partial charge in [0.1, 0.15) is 0 Å². The number of nitrogens with one attached hydrogen (secondary N) is 2. The van der Waals surface area contributed by atoms with E-state index in [0.717, 1.165) is 38.8 Å². The Hall–Kier alpha value is -0.580. The minimum Gasteiger partial charge on any atom is -0.355 e. The molecule has 1 heterocycles. The number of halogens is 1. The Labute approximate surface area is 188 Å². The maximum Gasteiger partial charge on any atom is 0.225 e. The van der Waals surface area contributed by atoms with Crippen molar-refractivity contribution >= 4 is 45.7 Å². The van der Waals surface area contributed by atoms with Gasteiger partial charge < -0.3 is 15.5 Å². The lowest BCUT2D eigenvalue weighted by molar-refractivity contribution is -0.136. The summed E-state index contributed by atoms with van der Waals surface area (Å²) >= 11 is 0. The van der Waals surface area contributed by atoms with E-state index in [4.69, 9.17) is 0 Å². The summed E-state index contributed by atoms with van der Waals surface area (Å²) in [5.41, 5.74) is 0. The molecular weight excluding hydrogens is 491 g/mol. The Morgan fingerprint density at radius 1 is 1.18 bits per heavy atom. The molecule has 1 aliphatic heterocycles. The Morgan fingerprint density at radius 2 is 1.71 bits per heavy atom. The third-order valence-corrected chi connectivity index (χ3v) is 7.91. The van der Waals surface area contributed by atoms with E-state index < -0.39 is 14.6 Å². The van der Waals surface area contributed by atoms with Crippen molar-refractivity contribution in [2.45, 2.75) is 71.1 Å². The third-order valence-electron chi connectivity index (χ3n) is 5.30. The molecule has 0 radical (unpaired) electrons. The molecule has 0 aromatic rings. The number of guanidine groups is 1. The second kappa shape index (κ2) is 12.2. The maximum absolute atomic E-state index is 12.5. The Bertz CT molecular complexity index is 605. The summed E-state index contributed by atoms with van der Waals surface area (Å²) < 4.78 is 23.6. The molecule has 0 aliphatic carbocycles. The third kappa shape index (κ3) is 8.04. The van der Waals surface area contributed by atoms with Crippen LogP contribution in [0, 0.1) is 5.92 Å². The number of aliphatic imine (C=N–C) groups is 1. The predicted molar refractivity (Wildman–Crippen MR) is 127 cm³/mol. The molecule has 0 atom stereocenters. The van der Waals surface area contributed by atoms with Crippen LogP contribution in [0.25, 0.3) is 0 Å². The lowest BCUT2D eigenvalue weighted by Gasteiger charge is -2.34. The summed E-state index contributed by atoms with van der Waals surface area (Å²) in [4.78, 5) is 18.6. The summed E-state index contributed by atoms with van der Waals surface area (Å²) in [6.45, 7) is 11.1. The van der Waals surface area contributed by atoms with Gasteiger partial charge in [-0.25, -0.2) is 8.42 Å². The van der Waals surface area contributed by atoms with E-state index in [1.54, 1.807) is 27.8 Å². The lowest BCUT2D eigenvalue weighted by Crippen LogP contribution is -2.51. The largest absolute Gasteiger partial charge is 0.355 e. The SMILES string of the molecule is CCC(CC)C(=O)N1CCC(NC(=NC)NCCS(=O)(=O)C(C)(C)C)CC1.I. The average Bonchev–Trinajstić information content (AvgIpc) is 2.61. The second-order valence-corrected chi connectivity index (χ2v) is 11.1. The highest BCUT2D eigenvalue weighted by atomic mass is 127. The average molecular weight is 531 g/mol. The van der Waals surface area contributed by atoms with E-state index >= 15 is 0 Å². The summed E-state index contributed by atoms with van der Waals surface area (Å²) in [7, 11) is -1.47. The minimum atomic E-state index is -3.15. The van der Waals surface area contributed by atoms with Gasteiger partial charge in [0.05, 0.1) is 10.5 Å². The van der Waals surface area contributed by atoms with Gasteiger partial charge in [-0.1, -0.05) is 13.8 Å². The van der Waals surface area contributed by atoms with Crippen LogP contribution in [0.4, 0.5) is 0 Å². The van der Waals surface area contributed by atoms with Crippen LogP contribution < -0.4 is 10.6 Å². The fraction of sp³-hybridized carbons (Fsp3) is 0.895. The zero-order valence-electron chi connectivity index (χ0n) is 18.2. The van der Waals surface area contributed by atoms with Crippen LogP contribution in [0.15, 0.2) is 4.99 Å². The minimum absolute atomic E-state index is 0. The van der Waals surface area contributed by atoms with Crippen molar-refractivity contribution in [3.63, 3.8) is 0 Å². The molecule has 1 rings (SSSR count). The van der Waals surface area contributed by atoms with Gasteiger partial charge in [-0.3, -0.25) is 9.79 Å². The molecule has 1 amide bonds. The molecule has 0 unspecified atom stereocenters. The highest BCUT2D eigenvalue weighted by Crippen LogP contribution is 2.17. The van der Waals surface area contributed by atoms with Crippen LogP contribution in [0.5, 0.6) is 0 Å². The van der Waals surface area contributed by atoms with Gasteiger partial charge in [-0.15, -0.1) is 24.0 Å². The number of rotatable bonds is 7. The fourth-order valence-corrected chi connectivity index (χ4v) is 4.12. The zero-order valence-corrected chi connectivity index (χ0v) is 21.4. The van der Waals surface area contributed by atoms with Crippen LogP contribution in [0.1, 0.15) is 60.3 Å². The molecule has 0 saturated carbocycles. The summed E-state index contributed by atoms with van der Waals surface area (Å²) in [6, 6.07) is 0.237. The smallest absolute Gasteiger partial charge is 0.225 e. The van der Waals surface area contributed by atoms with Crippen LogP contribution in [-0.2, 0) is 14.6 Å². The van der Waals surface area contributed by atoms with Gasteiger partial charge in [0.15, 0.2) is 15.8 Å². The van der Waals surface area contributed by atoms with E-state index in [9.17, 15) is 13.2 Å². The number of likely N-dealkylation sites (tertiary alicyclic amines) is 1. The maximum atomic E-state index is 12.5. The van der Waals surface area contributed by atoms with Crippen molar-refractivity contribution in [2.24, 2.45) is 10.9 Å². The van der Waals surface area contributed by atoms with Crippen LogP contribution in [0.3, 0.4) is 0 Å². The first-order valence-electron chi connectivity index (χ1n) is 10.0. The number of nitrogens with zero attached hydrogens (tertiary/aromatic N) is 2. The van der Waals surface area contributed by atoms with E-state index in [1.807, 2.05) is 4.90 Å². The van der Waals surface area contributed by atoms with Crippen molar-refractivity contribution in [3.05, 3.63) is 0 Å². The monoisotopic (exact) mass is 530 g/mol. The standard InChI is InChI=1S/C19H38N4O3S.HI/c1-7-15(8-2)17(24)23-12-9-16(10-13-23)22-18(20-6)21-11-14-27(25,26)19(3,4)5;/h15-16H,7-14H2,1-6H3,(H2,20,21,22);1H. The van der Waals surface area contributed by atoms with Gasteiger partial charge in [0.2, 0.25) is 5.91 Å². The van der Waals surface area contributed by atoms with Gasteiger partial charge >= 0.3 is 0 Å². The van der Waals surface area contributed by atoms with Crippen molar-refractivity contribution in [2.75, 3.05) is 32.4 Å². The molecule has 0 bridgehead atoms. The molecule has 1 saturated heterocycles. The molecular formula is C19H39IN4O3S.